The van der Waals surface area contributed by atoms with Crippen LogP contribution in [0.3, 0.4) is 0 Å². The Balaban J connectivity index is 1.42. The molecule has 2 heterocycles. The second kappa shape index (κ2) is 11.5. The maximum absolute atomic E-state index is 13.5. The summed E-state index contributed by atoms with van der Waals surface area (Å²) in [6, 6.07) is 15.5. The number of imidazole rings is 1. The van der Waals surface area contributed by atoms with Crippen LogP contribution in [-0.2, 0) is 25.7 Å². The molecule has 2 N–H and O–H groups in total. The number of nitrogens with zero attached hydrogens (tertiary/aromatic N) is 2. The van der Waals surface area contributed by atoms with E-state index in [2.05, 4.69) is 10.3 Å². The molecule has 1 aromatic heterocycles. The Labute approximate surface area is 220 Å². The number of hydrogen-bond acceptors (Lipinski definition) is 6. The molecule has 0 saturated carbocycles. The van der Waals surface area contributed by atoms with Crippen LogP contribution in [-0.4, -0.2) is 57.2 Å². The number of hydrogen-bond donors (Lipinski definition) is 2. The molecule has 0 spiro atoms. The highest BCUT2D eigenvalue weighted by molar-refractivity contribution is 5.89. The Morgan fingerprint density at radius 3 is 2.37 bits per heavy atom. The summed E-state index contributed by atoms with van der Waals surface area (Å²) < 4.78 is 12.4. The third kappa shape index (κ3) is 6.81. The molecule has 10 heteroatoms. The van der Waals surface area contributed by atoms with Crippen molar-refractivity contribution in [3.8, 4) is 0 Å². The lowest BCUT2D eigenvalue weighted by atomic mass is 10.0. The van der Waals surface area contributed by atoms with Gasteiger partial charge in [-0.1, -0.05) is 42.5 Å². The SMILES string of the molecule is CC(C)(C)OC(=O)N[C@H](CC(=O)OCc1ccccc1)C(=O)N1CCC(n2c(=O)[nH]c3ccccc32)CC1. The molecular formula is C28H34N4O6. The fraction of sp³-hybridized carbons (Fsp3) is 0.429. The van der Waals surface area contributed by atoms with Crippen LogP contribution in [0, 0.1) is 0 Å². The van der Waals surface area contributed by atoms with Crippen molar-refractivity contribution in [1.29, 1.82) is 0 Å². The highest BCUT2D eigenvalue weighted by Crippen LogP contribution is 2.25. The fourth-order valence-electron chi connectivity index (χ4n) is 4.62. The molecule has 10 nitrogen and oxygen atoms in total. The summed E-state index contributed by atoms with van der Waals surface area (Å²) in [5.74, 6) is -0.999. The zero-order chi connectivity index (χ0) is 27.3. The summed E-state index contributed by atoms with van der Waals surface area (Å²) in [6.45, 7) is 5.97. The zero-order valence-corrected chi connectivity index (χ0v) is 21.9. The van der Waals surface area contributed by atoms with E-state index in [0.29, 0.717) is 25.9 Å². The van der Waals surface area contributed by atoms with Crippen LogP contribution in [0.2, 0.25) is 0 Å². The molecule has 2 amide bonds. The number of amides is 2. The number of esters is 1. The minimum absolute atomic E-state index is 0.0673. The van der Waals surface area contributed by atoms with Gasteiger partial charge >= 0.3 is 17.8 Å². The largest absolute Gasteiger partial charge is 0.461 e. The van der Waals surface area contributed by atoms with Crippen molar-refractivity contribution in [1.82, 2.24) is 19.8 Å². The van der Waals surface area contributed by atoms with Gasteiger partial charge in [0.2, 0.25) is 5.91 Å². The number of nitrogens with one attached hydrogen (secondary N) is 2. The molecule has 0 unspecified atom stereocenters. The number of piperidine rings is 1. The lowest BCUT2D eigenvalue weighted by Gasteiger charge is -2.34. The van der Waals surface area contributed by atoms with Gasteiger partial charge in [-0.3, -0.25) is 14.2 Å². The minimum atomic E-state index is -1.14. The number of aromatic nitrogens is 2. The third-order valence-electron chi connectivity index (χ3n) is 6.37. The van der Waals surface area contributed by atoms with Crippen LogP contribution in [0.25, 0.3) is 11.0 Å². The maximum Gasteiger partial charge on any atom is 0.408 e. The fourth-order valence-corrected chi connectivity index (χ4v) is 4.62. The molecule has 1 aliphatic heterocycles. The number of para-hydroxylation sites is 2. The predicted molar refractivity (Wildman–Crippen MR) is 141 cm³/mol. The number of likely N-dealkylation sites (tertiary alicyclic amines) is 1. The Morgan fingerprint density at radius 2 is 1.68 bits per heavy atom. The van der Waals surface area contributed by atoms with Crippen LogP contribution in [0.15, 0.2) is 59.4 Å². The van der Waals surface area contributed by atoms with Gasteiger partial charge in [0, 0.05) is 19.1 Å². The summed E-state index contributed by atoms with van der Waals surface area (Å²) in [7, 11) is 0. The van der Waals surface area contributed by atoms with Crippen molar-refractivity contribution in [3.63, 3.8) is 0 Å². The van der Waals surface area contributed by atoms with Crippen molar-refractivity contribution < 1.29 is 23.9 Å². The van der Waals surface area contributed by atoms with Crippen LogP contribution in [0.5, 0.6) is 0 Å². The molecule has 0 aliphatic carbocycles. The summed E-state index contributed by atoms with van der Waals surface area (Å²) in [5, 5.41) is 2.56. The lowest BCUT2D eigenvalue weighted by Crippen LogP contribution is -2.52. The van der Waals surface area contributed by atoms with Crippen molar-refractivity contribution in [2.75, 3.05) is 13.1 Å². The number of ether oxygens (including phenoxy) is 2. The van der Waals surface area contributed by atoms with Gasteiger partial charge in [0.15, 0.2) is 0 Å². The molecule has 0 bridgehead atoms. The average molecular weight is 523 g/mol. The van der Waals surface area contributed by atoms with E-state index in [9.17, 15) is 19.2 Å². The van der Waals surface area contributed by atoms with E-state index in [1.54, 1.807) is 30.2 Å². The summed E-state index contributed by atoms with van der Waals surface area (Å²) >= 11 is 0. The minimum Gasteiger partial charge on any atom is -0.461 e. The summed E-state index contributed by atoms with van der Waals surface area (Å²) in [6.07, 6.45) is 0.00936. The highest BCUT2D eigenvalue weighted by Gasteiger charge is 2.33. The number of alkyl carbamates (subject to hydrolysis) is 1. The second-order valence-corrected chi connectivity index (χ2v) is 10.4. The first-order valence-electron chi connectivity index (χ1n) is 12.8. The molecule has 0 radical (unpaired) electrons. The van der Waals surface area contributed by atoms with Gasteiger partial charge < -0.3 is 24.7 Å². The quantitative estimate of drug-likeness (QED) is 0.458. The van der Waals surface area contributed by atoms with Gasteiger partial charge in [-0.05, 0) is 51.3 Å². The van der Waals surface area contributed by atoms with Gasteiger partial charge in [-0.25, -0.2) is 9.59 Å². The van der Waals surface area contributed by atoms with Crippen LogP contribution >= 0.6 is 0 Å². The van der Waals surface area contributed by atoms with Crippen LogP contribution < -0.4 is 11.0 Å². The Bertz CT molecular complexity index is 1330. The monoisotopic (exact) mass is 522 g/mol. The number of aromatic amines is 1. The van der Waals surface area contributed by atoms with E-state index in [4.69, 9.17) is 9.47 Å². The smallest absolute Gasteiger partial charge is 0.408 e. The first-order valence-corrected chi connectivity index (χ1v) is 12.8. The summed E-state index contributed by atoms with van der Waals surface area (Å²) in [4.78, 5) is 55.7. The lowest BCUT2D eigenvalue weighted by molar-refractivity contribution is -0.148. The van der Waals surface area contributed by atoms with Gasteiger partial charge in [-0.15, -0.1) is 0 Å². The number of carbonyl (C=O) groups is 3. The van der Waals surface area contributed by atoms with Crippen molar-refractivity contribution >= 4 is 29.0 Å². The van der Waals surface area contributed by atoms with Crippen molar-refractivity contribution in [2.45, 2.75) is 64.3 Å². The van der Waals surface area contributed by atoms with Crippen LogP contribution in [0.1, 0.15) is 51.6 Å². The first-order chi connectivity index (χ1) is 18.1. The molecule has 3 aromatic rings. The molecule has 38 heavy (non-hydrogen) atoms. The number of benzene rings is 2. The Hall–Kier alpha value is -4.08. The number of carbonyl (C=O) groups excluding carboxylic acids is 3. The molecule has 4 rings (SSSR count). The van der Waals surface area contributed by atoms with Gasteiger partial charge in [0.1, 0.15) is 18.2 Å². The molecule has 1 fully saturated rings. The van der Waals surface area contributed by atoms with E-state index in [1.807, 2.05) is 54.6 Å². The normalized spacial score (nSPS) is 15.2. The van der Waals surface area contributed by atoms with Crippen molar-refractivity contribution in [3.05, 3.63) is 70.6 Å². The average Bonchev–Trinajstić information content (AvgIpc) is 3.22. The van der Waals surface area contributed by atoms with E-state index in [0.717, 1.165) is 16.6 Å². The molecular weight excluding hydrogens is 488 g/mol. The van der Waals surface area contributed by atoms with E-state index >= 15 is 0 Å². The van der Waals surface area contributed by atoms with Gasteiger partial charge in [0.05, 0.1) is 17.5 Å². The third-order valence-corrected chi connectivity index (χ3v) is 6.37. The Kier molecular flexibility index (Phi) is 8.19. The van der Waals surface area contributed by atoms with Crippen molar-refractivity contribution in [2.24, 2.45) is 0 Å². The van der Waals surface area contributed by atoms with E-state index in [-0.39, 0.29) is 24.8 Å². The van der Waals surface area contributed by atoms with E-state index in [1.165, 1.54) is 0 Å². The zero-order valence-electron chi connectivity index (χ0n) is 21.9. The predicted octanol–water partition coefficient (Wildman–Crippen LogP) is 3.52. The topological polar surface area (TPSA) is 123 Å². The second-order valence-electron chi connectivity index (χ2n) is 10.4. The number of rotatable bonds is 7. The molecule has 202 valence electrons. The molecule has 1 saturated heterocycles. The number of fused-ring (bicyclic) bond motifs is 1. The molecule has 2 aromatic carbocycles. The maximum atomic E-state index is 13.5. The standard InChI is InChI=1S/C28H34N4O6/c1-28(2,3)38-27(36)30-22(17-24(33)37-18-19-9-5-4-6-10-19)25(34)31-15-13-20(14-16-31)32-23-12-8-7-11-21(23)29-26(32)35/h4-12,20,22H,13-18H2,1-3H3,(H,29,35)(H,30,36)/t22-/m1/s1. The Morgan fingerprint density at radius 1 is 1.03 bits per heavy atom. The molecule has 1 aliphatic rings. The van der Waals surface area contributed by atoms with Gasteiger partial charge in [0.25, 0.3) is 0 Å². The molecule has 1 atom stereocenters. The van der Waals surface area contributed by atoms with Gasteiger partial charge in [-0.2, -0.15) is 0 Å². The highest BCUT2D eigenvalue weighted by atomic mass is 16.6. The summed E-state index contributed by atoms with van der Waals surface area (Å²) in [5.41, 5.74) is 1.47. The first kappa shape index (κ1) is 27.0. The number of H-pyrrole nitrogens is 1. The van der Waals surface area contributed by atoms with Crippen LogP contribution in [0.4, 0.5) is 4.79 Å². The van der Waals surface area contributed by atoms with E-state index < -0.39 is 29.6 Å².